The third kappa shape index (κ3) is 3.08. The third-order valence-corrected chi connectivity index (χ3v) is 3.15. The number of rotatable bonds is 4. The van der Waals surface area contributed by atoms with Gasteiger partial charge in [0.15, 0.2) is 0 Å². The first-order valence-corrected chi connectivity index (χ1v) is 6.03. The molecular weight excluding hydrogens is 248 g/mol. The van der Waals surface area contributed by atoms with Crippen LogP contribution in [0.2, 0.25) is 0 Å². The summed E-state index contributed by atoms with van der Waals surface area (Å²) in [7, 11) is -4.45. The maximum Gasteiger partial charge on any atom is 0.303 e. The molecular formula is C9H12N2O5S. The molecule has 1 aromatic rings. The Kier molecular flexibility index (Phi) is 3.59. The van der Waals surface area contributed by atoms with Crippen LogP contribution in [-0.4, -0.2) is 24.0 Å². The van der Waals surface area contributed by atoms with Gasteiger partial charge in [-0.3, -0.25) is 9.35 Å². The predicted octanol–water partition coefficient (Wildman–Crippen LogP) is 0.115. The molecule has 6 N–H and O–H groups in total. The van der Waals surface area contributed by atoms with E-state index in [2.05, 4.69) is 0 Å². The van der Waals surface area contributed by atoms with Crippen LogP contribution in [0.1, 0.15) is 12.0 Å². The standard InChI is InChI=1S/C9H12N2O5S/c10-6-2-3-7(17(14,15)16)5(9(6)11)1-4-8(12)13/h2-3H,1,4,10-11H2,(H,12,13)(H,14,15,16). The van der Waals surface area contributed by atoms with E-state index in [1.54, 1.807) is 0 Å². The normalized spacial score (nSPS) is 11.4. The molecule has 0 aliphatic rings. The van der Waals surface area contributed by atoms with Gasteiger partial charge in [0.2, 0.25) is 0 Å². The lowest BCUT2D eigenvalue weighted by molar-refractivity contribution is -0.136. The first-order chi connectivity index (χ1) is 7.73. The summed E-state index contributed by atoms with van der Waals surface area (Å²) in [5, 5.41) is 8.54. The van der Waals surface area contributed by atoms with E-state index < -0.39 is 21.0 Å². The average Bonchev–Trinajstić information content (AvgIpc) is 2.18. The molecule has 17 heavy (non-hydrogen) atoms. The summed E-state index contributed by atoms with van der Waals surface area (Å²) in [4.78, 5) is 10.0. The van der Waals surface area contributed by atoms with Crippen molar-refractivity contribution in [1.82, 2.24) is 0 Å². The molecule has 0 saturated heterocycles. The number of aliphatic carboxylic acids is 1. The predicted molar refractivity (Wildman–Crippen MR) is 61.0 cm³/mol. The molecule has 0 unspecified atom stereocenters. The molecule has 94 valence electrons. The molecule has 0 aliphatic carbocycles. The Bertz CT molecular complexity index is 553. The van der Waals surface area contributed by atoms with Crippen molar-refractivity contribution < 1.29 is 22.9 Å². The van der Waals surface area contributed by atoms with Crippen LogP contribution in [0, 0.1) is 0 Å². The van der Waals surface area contributed by atoms with Gasteiger partial charge in [-0.1, -0.05) is 0 Å². The molecule has 0 fully saturated rings. The number of carboxylic acid groups (broad SMARTS) is 1. The molecule has 0 aromatic heterocycles. The summed E-state index contributed by atoms with van der Waals surface area (Å²) in [6.45, 7) is 0. The Morgan fingerprint density at radius 1 is 1.29 bits per heavy atom. The fourth-order valence-corrected chi connectivity index (χ4v) is 2.16. The minimum absolute atomic E-state index is 0.0231. The number of anilines is 2. The molecule has 0 atom stereocenters. The molecule has 8 heteroatoms. The van der Waals surface area contributed by atoms with E-state index in [4.69, 9.17) is 21.1 Å². The molecule has 0 bridgehead atoms. The van der Waals surface area contributed by atoms with Crippen LogP contribution in [0.3, 0.4) is 0 Å². The molecule has 0 heterocycles. The molecule has 0 saturated carbocycles. The van der Waals surface area contributed by atoms with Crippen molar-refractivity contribution in [2.24, 2.45) is 0 Å². The van der Waals surface area contributed by atoms with Gasteiger partial charge in [0, 0.05) is 6.42 Å². The first-order valence-electron chi connectivity index (χ1n) is 4.59. The van der Waals surface area contributed by atoms with Crippen molar-refractivity contribution in [3.8, 4) is 0 Å². The van der Waals surface area contributed by atoms with Gasteiger partial charge in [-0.05, 0) is 24.1 Å². The summed E-state index contributed by atoms with van der Waals surface area (Å²) in [6, 6.07) is 2.33. The van der Waals surface area contributed by atoms with Crippen LogP contribution < -0.4 is 11.5 Å². The van der Waals surface area contributed by atoms with Crippen LogP contribution >= 0.6 is 0 Å². The molecule has 0 radical (unpaired) electrons. The molecule has 0 spiro atoms. The molecule has 7 nitrogen and oxygen atoms in total. The van der Waals surface area contributed by atoms with E-state index in [-0.39, 0.29) is 29.8 Å². The highest BCUT2D eigenvalue weighted by Gasteiger charge is 2.19. The Labute approximate surface area is 97.8 Å². The smallest absolute Gasteiger partial charge is 0.303 e. The highest BCUT2D eigenvalue weighted by molar-refractivity contribution is 7.85. The Morgan fingerprint density at radius 3 is 2.35 bits per heavy atom. The summed E-state index contributed by atoms with van der Waals surface area (Å²) < 4.78 is 31.1. The van der Waals surface area contributed by atoms with Gasteiger partial charge in [-0.25, -0.2) is 0 Å². The van der Waals surface area contributed by atoms with Gasteiger partial charge < -0.3 is 16.6 Å². The second-order valence-corrected chi connectivity index (χ2v) is 4.80. The zero-order valence-corrected chi connectivity index (χ0v) is 9.57. The molecule has 1 aromatic carbocycles. The zero-order valence-electron chi connectivity index (χ0n) is 8.75. The molecule has 1 rings (SSSR count). The lowest BCUT2D eigenvalue weighted by Gasteiger charge is -2.11. The van der Waals surface area contributed by atoms with Crippen LogP contribution in [0.25, 0.3) is 0 Å². The quantitative estimate of drug-likeness (QED) is 0.444. The second kappa shape index (κ2) is 4.60. The number of carbonyl (C=O) groups is 1. The van der Waals surface area contributed by atoms with Gasteiger partial charge in [-0.2, -0.15) is 8.42 Å². The lowest BCUT2D eigenvalue weighted by Crippen LogP contribution is -2.10. The monoisotopic (exact) mass is 260 g/mol. The van der Waals surface area contributed by atoms with Crippen molar-refractivity contribution in [2.45, 2.75) is 17.7 Å². The van der Waals surface area contributed by atoms with Crippen LogP contribution in [0.5, 0.6) is 0 Å². The van der Waals surface area contributed by atoms with E-state index >= 15 is 0 Å². The molecule has 0 amide bonds. The first kappa shape index (κ1) is 13.3. The van der Waals surface area contributed by atoms with Gasteiger partial charge in [0.25, 0.3) is 10.1 Å². The average molecular weight is 260 g/mol. The summed E-state index contributed by atoms with van der Waals surface area (Å²) in [5.74, 6) is -1.10. The number of carboxylic acids is 1. The maximum absolute atomic E-state index is 11.1. The van der Waals surface area contributed by atoms with Gasteiger partial charge in [0.1, 0.15) is 0 Å². The molecule has 0 aliphatic heterocycles. The number of benzene rings is 1. The second-order valence-electron chi connectivity index (χ2n) is 3.41. The Morgan fingerprint density at radius 2 is 1.88 bits per heavy atom. The minimum atomic E-state index is -4.45. The van der Waals surface area contributed by atoms with Crippen molar-refractivity contribution in [2.75, 3.05) is 11.5 Å². The number of hydrogen-bond donors (Lipinski definition) is 4. The van der Waals surface area contributed by atoms with Crippen molar-refractivity contribution in [3.63, 3.8) is 0 Å². The van der Waals surface area contributed by atoms with Crippen molar-refractivity contribution >= 4 is 27.5 Å². The maximum atomic E-state index is 11.1. The van der Waals surface area contributed by atoms with E-state index in [0.717, 1.165) is 6.07 Å². The van der Waals surface area contributed by atoms with E-state index in [1.165, 1.54) is 6.07 Å². The van der Waals surface area contributed by atoms with Crippen molar-refractivity contribution in [3.05, 3.63) is 17.7 Å². The number of nitrogen functional groups attached to an aromatic ring is 2. The van der Waals surface area contributed by atoms with Crippen molar-refractivity contribution in [1.29, 1.82) is 0 Å². The van der Waals surface area contributed by atoms with Crippen LogP contribution in [-0.2, 0) is 21.3 Å². The topological polar surface area (TPSA) is 144 Å². The fourth-order valence-electron chi connectivity index (χ4n) is 1.39. The highest BCUT2D eigenvalue weighted by atomic mass is 32.2. The third-order valence-electron chi connectivity index (χ3n) is 2.21. The zero-order chi connectivity index (χ0) is 13.2. The fraction of sp³-hybridized carbons (Fsp3) is 0.222. The Hall–Kier alpha value is -1.80. The summed E-state index contributed by atoms with van der Waals surface area (Å²) >= 11 is 0. The lowest BCUT2D eigenvalue weighted by atomic mass is 10.1. The van der Waals surface area contributed by atoms with E-state index in [0.29, 0.717) is 0 Å². The SMILES string of the molecule is Nc1ccc(S(=O)(=O)O)c(CCC(=O)O)c1N. The Balaban J connectivity index is 3.32. The summed E-state index contributed by atoms with van der Waals surface area (Å²) in [6.07, 6.45) is -0.433. The minimum Gasteiger partial charge on any atom is -0.481 e. The van der Waals surface area contributed by atoms with Gasteiger partial charge in [-0.15, -0.1) is 0 Å². The van der Waals surface area contributed by atoms with E-state index in [1.807, 2.05) is 0 Å². The van der Waals surface area contributed by atoms with Gasteiger partial charge in [0.05, 0.1) is 16.3 Å². The highest BCUT2D eigenvalue weighted by Crippen LogP contribution is 2.28. The largest absolute Gasteiger partial charge is 0.481 e. The van der Waals surface area contributed by atoms with Gasteiger partial charge >= 0.3 is 5.97 Å². The number of nitrogens with two attached hydrogens (primary N) is 2. The number of hydrogen-bond acceptors (Lipinski definition) is 5. The summed E-state index contributed by atoms with van der Waals surface area (Å²) in [5.41, 5.74) is 11.2. The van der Waals surface area contributed by atoms with Crippen LogP contribution in [0.4, 0.5) is 11.4 Å². The van der Waals surface area contributed by atoms with Crippen LogP contribution in [0.15, 0.2) is 17.0 Å². The van der Waals surface area contributed by atoms with E-state index in [9.17, 15) is 13.2 Å².